The standard InChI is InChI=1S/C15H15NO3/c1-19-15(18)9-12-5-2-3-6-13(12)10-16-8-4-7-14(16)11-17/h2-8,11H,9-10H2,1H3. The Morgan fingerprint density at radius 1 is 1.21 bits per heavy atom. The van der Waals surface area contributed by atoms with E-state index in [1.54, 1.807) is 6.07 Å². The van der Waals surface area contributed by atoms with Crippen LogP contribution >= 0.6 is 0 Å². The molecule has 0 aliphatic carbocycles. The average molecular weight is 257 g/mol. The molecule has 0 radical (unpaired) electrons. The number of benzene rings is 1. The summed E-state index contributed by atoms with van der Waals surface area (Å²) in [7, 11) is 1.38. The number of methoxy groups -OCH3 is 1. The number of ether oxygens (including phenoxy) is 1. The monoisotopic (exact) mass is 257 g/mol. The lowest BCUT2D eigenvalue weighted by atomic mass is 10.0. The number of nitrogens with zero attached hydrogens (tertiary/aromatic N) is 1. The number of hydrogen-bond donors (Lipinski definition) is 0. The van der Waals surface area contributed by atoms with Crippen molar-refractivity contribution in [3.63, 3.8) is 0 Å². The maximum Gasteiger partial charge on any atom is 0.309 e. The molecular weight excluding hydrogens is 242 g/mol. The van der Waals surface area contributed by atoms with Crippen LogP contribution in [-0.4, -0.2) is 23.9 Å². The van der Waals surface area contributed by atoms with Crippen LogP contribution in [0, 0.1) is 0 Å². The summed E-state index contributed by atoms with van der Waals surface area (Å²) >= 11 is 0. The normalized spacial score (nSPS) is 10.2. The zero-order chi connectivity index (χ0) is 13.7. The first-order valence-corrected chi connectivity index (χ1v) is 5.98. The van der Waals surface area contributed by atoms with Gasteiger partial charge < -0.3 is 9.30 Å². The Kier molecular flexibility index (Phi) is 4.13. The van der Waals surface area contributed by atoms with Gasteiger partial charge in [-0.2, -0.15) is 0 Å². The van der Waals surface area contributed by atoms with Crippen molar-refractivity contribution in [3.8, 4) is 0 Å². The molecule has 2 aromatic rings. The lowest BCUT2D eigenvalue weighted by Crippen LogP contribution is -2.09. The lowest BCUT2D eigenvalue weighted by Gasteiger charge is -2.10. The summed E-state index contributed by atoms with van der Waals surface area (Å²) in [6, 6.07) is 11.2. The van der Waals surface area contributed by atoms with E-state index in [2.05, 4.69) is 4.74 Å². The summed E-state index contributed by atoms with van der Waals surface area (Å²) in [5.74, 6) is -0.268. The Morgan fingerprint density at radius 2 is 1.95 bits per heavy atom. The Bertz CT molecular complexity index is 587. The van der Waals surface area contributed by atoms with Gasteiger partial charge in [-0.1, -0.05) is 24.3 Å². The third-order valence-corrected chi connectivity index (χ3v) is 3.01. The molecule has 0 unspecified atom stereocenters. The molecule has 0 aliphatic rings. The van der Waals surface area contributed by atoms with Crippen LogP contribution in [0.15, 0.2) is 42.6 Å². The molecule has 0 N–H and O–H groups in total. The minimum absolute atomic E-state index is 0.240. The van der Waals surface area contributed by atoms with E-state index < -0.39 is 0 Å². The quantitative estimate of drug-likeness (QED) is 0.608. The molecule has 0 bridgehead atoms. The fourth-order valence-corrected chi connectivity index (χ4v) is 1.97. The molecule has 2 rings (SSSR count). The zero-order valence-electron chi connectivity index (χ0n) is 10.7. The van der Waals surface area contributed by atoms with Crippen molar-refractivity contribution in [3.05, 3.63) is 59.4 Å². The molecule has 4 nitrogen and oxygen atoms in total. The summed E-state index contributed by atoms with van der Waals surface area (Å²) in [6.45, 7) is 0.564. The summed E-state index contributed by atoms with van der Waals surface area (Å²) < 4.78 is 6.54. The highest BCUT2D eigenvalue weighted by molar-refractivity contribution is 5.73. The molecule has 19 heavy (non-hydrogen) atoms. The van der Waals surface area contributed by atoms with E-state index >= 15 is 0 Å². The molecule has 1 heterocycles. The molecular formula is C15H15NO3. The molecule has 0 saturated heterocycles. The summed E-state index contributed by atoms with van der Waals surface area (Å²) in [5.41, 5.74) is 2.54. The number of aromatic nitrogens is 1. The Labute approximate surface area is 111 Å². The van der Waals surface area contributed by atoms with Crippen molar-refractivity contribution in [2.24, 2.45) is 0 Å². The van der Waals surface area contributed by atoms with Gasteiger partial charge in [0.25, 0.3) is 0 Å². The van der Waals surface area contributed by atoms with Gasteiger partial charge in [-0.25, -0.2) is 0 Å². The van der Waals surface area contributed by atoms with Gasteiger partial charge in [0.2, 0.25) is 0 Å². The van der Waals surface area contributed by atoms with Crippen LogP contribution in [0.25, 0.3) is 0 Å². The number of carbonyl (C=O) groups is 2. The van der Waals surface area contributed by atoms with Gasteiger partial charge >= 0.3 is 5.97 Å². The molecule has 0 atom stereocenters. The van der Waals surface area contributed by atoms with Gasteiger partial charge in [-0.15, -0.1) is 0 Å². The molecule has 98 valence electrons. The third-order valence-electron chi connectivity index (χ3n) is 3.01. The van der Waals surface area contributed by atoms with Crippen LogP contribution in [0.5, 0.6) is 0 Å². The van der Waals surface area contributed by atoms with Gasteiger partial charge in [0.15, 0.2) is 6.29 Å². The topological polar surface area (TPSA) is 48.3 Å². The largest absolute Gasteiger partial charge is 0.469 e. The van der Waals surface area contributed by atoms with Crippen LogP contribution in [0.4, 0.5) is 0 Å². The second-order valence-corrected chi connectivity index (χ2v) is 4.20. The second-order valence-electron chi connectivity index (χ2n) is 4.20. The molecule has 1 aromatic heterocycles. The van der Waals surface area contributed by atoms with Crippen LogP contribution in [0.2, 0.25) is 0 Å². The predicted molar refractivity (Wildman–Crippen MR) is 71.1 cm³/mol. The SMILES string of the molecule is COC(=O)Cc1ccccc1Cn1cccc1C=O. The van der Waals surface area contributed by atoms with Crippen LogP contribution in [0.1, 0.15) is 21.6 Å². The average Bonchev–Trinajstić information content (AvgIpc) is 2.88. The molecule has 0 saturated carbocycles. The van der Waals surface area contributed by atoms with Crippen molar-refractivity contribution < 1.29 is 14.3 Å². The molecule has 0 spiro atoms. The highest BCUT2D eigenvalue weighted by Crippen LogP contribution is 2.13. The van der Waals surface area contributed by atoms with Crippen LogP contribution in [0.3, 0.4) is 0 Å². The molecule has 0 fully saturated rings. The first-order chi connectivity index (χ1) is 9.24. The van der Waals surface area contributed by atoms with Gasteiger partial charge in [-0.3, -0.25) is 9.59 Å². The maximum absolute atomic E-state index is 11.4. The van der Waals surface area contributed by atoms with E-state index in [1.165, 1.54) is 7.11 Å². The van der Waals surface area contributed by atoms with Crippen molar-refractivity contribution in [2.75, 3.05) is 7.11 Å². The fourth-order valence-electron chi connectivity index (χ4n) is 1.97. The Balaban J connectivity index is 2.25. The Morgan fingerprint density at radius 3 is 2.63 bits per heavy atom. The maximum atomic E-state index is 11.4. The smallest absolute Gasteiger partial charge is 0.309 e. The third kappa shape index (κ3) is 3.10. The van der Waals surface area contributed by atoms with E-state index in [4.69, 9.17) is 0 Å². The lowest BCUT2D eigenvalue weighted by molar-refractivity contribution is -0.139. The summed E-state index contributed by atoms with van der Waals surface area (Å²) in [5, 5.41) is 0. The zero-order valence-corrected chi connectivity index (χ0v) is 10.7. The van der Waals surface area contributed by atoms with Crippen LogP contribution in [-0.2, 0) is 22.5 Å². The van der Waals surface area contributed by atoms with Crippen molar-refractivity contribution >= 4 is 12.3 Å². The van der Waals surface area contributed by atoms with E-state index in [9.17, 15) is 9.59 Å². The first kappa shape index (κ1) is 13.1. The van der Waals surface area contributed by atoms with Crippen molar-refractivity contribution in [1.29, 1.82) is 0 Å². The fraction of sp³-hybridized carbons (Fsp3) is 0.200. The molecule has 1 aromatic carbocycles. The minimum atomic E-state index is -0.268. The number of hydrogen-bond acceptors (Lipinski definition) is 3. The highest BCUT2D eigenvalue weighted by atomic mass is 16.5. The number of esters is 1. The van der Waals surface area contributed by atoms with Gasteiger partial charge in [0.05, 0.1) is 19.2 Å². The van der Waals surface area contributed by atoms with Gasteiger partial charge in [-0.05, 0) is 23.3 Å². The number of carbonyl (C=O) groups excluding carboxylic acids is 2. The van der Waals surface area contributed by atoms with Crippen molar-refractivity contribution in [1.82, 2.24) is 4.57 Å². The predicted octanol–water partition coefficient (Wildman–Crippen LogP) is 2.06. The molecule has 0 aliphatic heterocycles. The highest BCUT2D eigenvalue weighted by Gasteiger charge is 2.09. The second kappa shape index (κ2) is 6.00. The summed E-state index contributed by atoms with van der Waals surface area (Å²) in [4.78, 5) is 22.3. The molecule has 0 amide bonds. The number of aldehydes is 1. The molecule has 4 heteroatoms. The Hall–Kier alpha value is -2.36. The van der Waals surface area contributed by atoms with Gasteiger partial charge in [0.1, 0.15) is 0 Å². The summed E-state index contributed by atoms with van der Waals surface area (Å²) in [6.07, 6.45) is 2.91. The van der Waals surface area contributed by atoms with Crippen molar-refractivity contribution in [2.45, 2.75) is 13.0 Å². The van der Waals surface area contributed by atoms with E-state index in [-0.39, 0.29) is 12.4 Å². The van der Waals surface area contributed by atoms with E-state index in [0.29, 0.717) is 12.2 Å². The van der Waals surface area contributed by atoms with E-state index in [1.807, 2.05) is 41.1 Å². The number of rotatable bonds is 5. The van der Waals surface area contributed by atoms with E-state index in [0.717, 1.165) is 17.4 Å². The minimum Gasteiger partial charge on any atom is -0.469 e. The van der Waals surface area contributed by atoms with Crippen LogP contribution < -0.4 is 0 Å². The van der Waals surface area contributed by atoms with Gasteiger partial charge in [0, 0.05) is 12.7 Å². The first-order valence-electron chi connectivity index (χ1n) is 5.98.